The van der Waals surface area contributed by atoms with Crippen LogP contribution in [-0.2, 0) is 14.3 Å². The van der Waals surface area contributed by atoms with Crippen LogP contribution >= 0.6 is 12.2 Å². The monoisotopic (exact) mass is 487 g/mol. The summed E-state index contributed by atoms with van der Waals surface area (Å²) in [4.78, 5) is 39.6. The molecule has 4 rings (SSSR count). The Balaban J connectivity index is 1.77. The molecule has 2 heterocycles. The molecule has 0 unspecified atom stereocenters. The van der Waals surface area contributed by atoms with E-state index in [1.165, 1.54) is 12.0 Å². The smallest absolute Gasteiger partial charge is 0.337 e. The molecule has 7 nitrogen and oxygen atoms in total. The van der Waals surface area contributed by atoms with Crippen LogP contribution < -0.4 is 10.2 Å². The standard InChI is InChI=1S/C27H25N3O4S/c1-15-9-10-16(2)23(11-15)30-25(32)22(24(31)28-27(30)35)14-20-12-17(3)29(18(20)4)21-8-6-7-19(13-21)26(33)34-5/h6-14H,1-5H3,(H,28,31,35)/b22-14+. The second-order valence-corrected chi connectivity index (χ2v) is 8.84. The van der Waals surface area contributed by atoms with Gasteiger partial charge in [-0.1, -0.05) is 18.2 Å². The van der Waals surface area contributed by atoms with Gasteiger partial charge in [0, 0.05) is 17.1 Å². The van der Waals surface area contributed by atoms with Gasteiger partial charge in [-0.25, -0.2) is 4.79 Å². The zero-order chi connectivity index (χ0) is 25.4. The summed E-state index contributed by atoms with van der Waals surface area (Å²) in [6.45, 7) is 7.63. The fraction of sp³-hybridized carbons (Fsp3) is 0.185. The molecule has 1 fully saturated rings. The van der Waals surface area contributed by atoms with E-state index in [2.05, 4.69) is 5.32 Å². The van der Waals surface area contributed by atoms with Gasteiger partial charge in [0.05, 0.1) is 18.4 Å². The van der Waals surface area contributed by atoms with Crippen molar-refractivity contribution in [1.82, 2.24) is 9.88 Å². The molecule has 1 aromatic heterocycles. The zero-order valence-corrected chi connectivity index (χ0v) is 20.9. The molecule has 0 bridgehead atoms. The van der Waals surface area contributed by atoms with Crippen LogP contribution in [0, 0.1) is 27.7 Å². The van der Waals surface area contributed by atoms with Crippen molar-refractivity contribution in [3.8, 4) is 5.69 Å². The lowest BCUT2D eigenvalue weighted by Gasteiger charge is -2.30. The van der Waals surface area contributed by atoms with E-state index in [0.717, 1.165) is 28.2 Å². The van der Waals surface area contributed by atoms with Crippen molar-refractivity contribution in [3.63, 3.8) is 0 Å². The van der Waals surface area contributed by atoms with Crippen molar-refractivity contribution in [2.24, 2.45) is 0 Å². The Morgan fingerprint density at radius 1 is 1.03 bits per heavy atom. The third-order valence-corrected chi connectivity index (χ3v) is 6.29. The van der Waals surface area contributed by atoms with Crippen molar-refractivity contribution >= 4 is 46.9 Å². The number of nitrogens with zero attached hydrogens (tertiary/aromatic N) is 2. The molecule has 2 amide bonds. The molecule has 0 atom stereocenters. The highest BCUT2D eigenvalue weighted by Crippen LogP contribution is 2.28. The van der Waals surface area contributed by atoms with E-state index in [1.54, 1.807) is 24.3 Å². The van der Waals surface area contributed by atoms with Gasteiger partial charge in [0.2, 0.25) is 0 Å². The number of rotatable bonds is 4. The first-order chi connectivity index (χ1) is 16.6. The van der Waals surface area contributed by atoms with Gasteiger partial charge in [0.25, 0.3) is 11.8 Å². The van der Waals surface area contributed by atoms with Crippen LogP contribution in [0.5, 0.6) is 0 Å². The molecule has 8 heteroatoms. The van der Waals surface area contributed by atoms with E-state index < -0.39 is 17.8 Å². The minimum Gasteiger partial charge on any atom is -0.465 e. The fourth-order valence-corrected chi connectivity index (χ4v) is 4.49. The Morgan fingerprint density at radius 3 is 2.49 bits per heavy atom. The Hall–Kier alpha value is -4.04. The number of carbonyl (C=O) groups excluding carboxylic acids is 3. The maximum Gasteiger partial charge on any atom is 0.337 e. The quantitative estimate of drug-likeness (QED) is 0.256. The summed E-state index contributed by atoms with van der Waals surface area (Å²) in [5.74, 6) is -1.45. The van der Waals surface area contributed by atoms with Crippen molar-refractivity contribution < 1.29 is 19.1 Å². The van der Waals surface area contributed by atoms with Gasteiger partial charge in [-0.2, -0.15) is 0 Å². The average Bonchev–Trinajstić information content (AvgIpc) is 3.10. The third kappa shape index (κ3) is 4.40. The lowest BCUT2D eigenvalue weighted by molar-refractivity contribution is -0.122. The number of carbonyl (C=O) groups is 3. The molecule has 1 aliphatic rings. The molecule has 0 spiro atoms. The summed E-state index contributed by atoms with van der Waals surface area (Å²) in [5.41, 5.74) is 6.05. The minimum atomic E-state index is -0.543. The van der Waals surface area contributed by atoms with Gasteiger partial charge in [0.15, 0.2) is 5.11 Å². The zero-order valence-electron chi connectivity index (χ0n) is 20.1. The largest absolute Gasteiger partial charge is 0.465 e. The maximum absolute atomic E-state index is 13.5. The summed E-state index contributed by atoms with van der Waals surface area (Å²) in [5, 5.41) is 2.70. The van der Waals surface area contributed by atoms with Crippen LogP contribution in [0.3, 0.4) is 0 Å². The van der Waals surface area contributed by atoms with E-state index in [9.17, 15) is 14.4 Å². The molecule has 0 saturated carbocycles. The molecule has 3 aromatic rings. The highest BCUT2D eigenvalue weighted by Gasteiger charge is 2.35. The predicted octanol–water partition coefficient (Wildman–Crippen LogP) is 4.33. The maximum atomic E-state index is 13.5. The molecule has 35 heavy (non-hydrogen) atoms. The second kappa shape index (κ2) is 9.31. The van der Waals surface area contributed by atoms with Crippen molar-refractivity contribution in [3.05, 3.63) is 87.7 Å². The topological polar surface area (TPSA) is 80.6 Å². The summed E-state index contributed by atoms with van der Waals surface area (Å²) >= 11 is 5.35. The SMILES string of the molecule is COC(=O)c1cccc(-n2c(C)cc(/C=C3\C(=O)NC(=S)N(c4cc(C)ccc4C)C3=O)c2C)c1. The summed E-state index contributed by atoms with van der Waals surface area (Å²) < 4.78 is 6.79. The second-order valence-electron chi connectivity index (χ2n) is 8.45. The number of benzene rings is 2. The van der Waals surface area contributed by atoms with Gasteiger partial charge in [-0.3, -0.25) is 19.8 Å². The number of aryl methyl sites for hydroxylation is 3. The Morgan fingerprint density at radius 2 is 1.77 bits per heavy atom. The van der Waals surface area contributed by atoms with Gasteiger partial charge >= 0.3 is 5.97 Å². The molecular weight excluding hydrogens is 462 g/mol. The molecule has 1 aliphatic heterocycles. The lowest BCUT2D eigenvalue weighted by atomic mass is 10.0. The van der Waals surface area contributed by atoms with E-state index in [4.69, 9.17) is 17.0 Å². The van der Waals surface area contributed by atoms with E-state index in [1.807, 2.05) is 62.6 Å². The number of hydrogen-bond donors (Lipinski definition) is 1. The number of amides is 2. The van der Waals surface area contributed by atoms with Crippen LogP contribution in [0.2, 0.25) is 0 Å². The lowest BCUT2D eigenvalue weighted by Crippen LogP contribution is -2.54. The Bertz CT molecular complexity index is 1430. The molecule has 1 N–H and O–H groups in total. The third-order valence-electron chi connectivity index (χ3n) is 6.00. The fourth-order valence-electron chi connectivity index (χ4n) is 4.21. The average molecular weight is 488 g/mol. The molecule has 2 aromatic carbocycles. The molecule has 0 radical (unpaired) electrons. The summed E-state index contributed by atoms with van der Waals surface area (Å²) in [6, 6.07) is 14.7. The van der Waals surface area contributed by atoms with Crippen molar-refractivity contribution in [2.75, 3.05) is 12.0 Å². The van der Waals surface area contributed by atoms with Crippen LogP contribution in [0.4, 0.5) is 5.69 Å². The normalized spacial score (nSPS) is 14.9. The molecule has 178 valence electrons. The first-order valence-corrected chi connectivity index (χ1v) is 11.4. The van der Waals surface area contributed by atoms with Crippen LogP contribution in [0.1, 0.15) is 38.4 Å². The number of aromatic nitrogens is 1. The highest BCUT2D eigenvalue weighted by molar-refractivity contribution is 7.80. The predicted molar refractivity (Wildman–Crippen MR) is 139 cm³/mol. The number of nitrogens with one attached hydrogen (secondary N) is 1. The van der Waals surface area contributed by atoms with Crippen LogP contribution in [0.15, 0.2) is 54.1 Å². The number of esters is 1. The molecule has 1 saturated heterocycles. The van der Waals surface area contributed by atoms with Gasteiger partial charge in [-0.15, -0.1) is 0 Å². The number of thiocarbonyl (C=S) groups is 1. The van der Waals surface area contributed by atoms with E-state index >= 15 is 0 Å². The van der Waals surface area contributed by atoms with Crippen molar-refractivity contribution in [2.45, 2.75) is 27.7 Å². The first kappa shape index (κ1) is 24.1. The van der Waals surface area contributed by atoms with Gasteiger partial charge in [-0.05, 0) is 93.0 Å². The number of ether oxygens (including phenoxy) is 1. The highest BCUT2D eigenvalue weighted by atomic mass is 32.1. The summed E-state index contributed by atoms with van der Waals surface area (Å²) in [6.07, 6.45) is 1.58. The van der Waals surface area contributed by atoms with Crippen LogP contribution in [0.25, 0.3) is 11.8 Å². The number of methoxy groups -OCH3 is 1. The Labute approximate surface area is 209 Å². The molecule has 0 aliphatic carbocycles. The van der Waals surface area contributed by atoms with Crippen LogP contribution in [-0.4, -0.2) is 34.6 Å². The minimum absolute atomic E-state index is 0.0110. The van der Waals surface area contributed by atoms with E-state index in [0.29, 0.717) is 16.8 Å². The summed E-state index contributed by atoms with van der Waals surface area (Å²) in [7, 11) is 1.34. The molecular formula is C27H25N3O4S. The van der Waals surface area contributed by atoms with Gasteiger partial charge in [0.1, 0.15) is 5.57 Å². The Kier molecular flexibility index (Phi) is 6.41. The van der Waals surface area contributed by atoms with Crippen molar-refractivity contribution in [1.29, 1.82) is 0 Å². The first-order valence-electron chi connectivity index (χ1n) is 11.0. The van der Waals surface area contributed by atoms with E-state index in [-0.39, 0.29) is 10.7 Å². The number of anilines is 1. The van der Waals surface area contributed by atoms with Gasteiger partial charge < -0.3 is 9.30 Å². The number of hydrogen-bond acceptors (Lipinski definition) is 5.